The van der Waals surface area contributed by atoms with Crippen LogP contribution in [-0.2, 0) is 4.79 Å². The lowest BCUT2D eigenvalue weighted by Gasteiger charge is -2.06. The molecule has 0 radical (unpaired) electrons. The number of halogens is 1. The van der Waals surface area contributed by atoms with Crippen molar-refractivity contribution in [2.24, 2.45) is 5.73 Å². The molecular formula is C9H9FN2O4S. The van der Waals surface area contributed by atoms with E-state index in [0.717, 1.165) is 23.9 Å². The summed E-state index contributed by atoms with van der Waals surface area (Å²) in [6, 6.07) is 2.06. The van der Waals surface area contributed by atoms with Crippen LogP contribution in [0.15, 0.2) is 23.1 Å². The number of nitrogens with two attached hydrogens (primary N) is 1. The molecule has 0 aliphatic rings. The third-order valence-electron chi connectivity index (χ3n) is 1.86. The number of nitrogens with zero attached hydrogens (tertiary/aromatic N) is 1. The summed E-state index contributed by atoms with van der Waals surface area (Å²) in [6.45, 7) is 0. The third kappa shape index (κ3) is 3.68. The zero-order chi connectivity index (χ0) is 13.0. The molecule has 1 atom stereocenters. The molecule has 0 saturated heterocycles. The van der Waals surface area contributed by atoms with Crippen LogP contribution < -0.4 is 5.73 Å². The standard InChI is InChI=1S/C9H9FN2O4S/c10-6-3-5(12(15)16)1-2-8(6)17-4-7(11)9(13)14/h1-3,7H,4,11H2,(H,13,14). The number of nitro groups is 1. The topological polar surface area (TPSA) is 106 Å². The molecule has 0 saturated carbocycles. The van der Waals surface area contributed by atoms with Gasteiger partial charge < -0.3 is 10.8 Å². The first-order valence-electron chi connectivity index (χ1n) is 4.47. The maximum atomic E-state index is 13.3. The van der Waals surface area contributed by atoms with E-state index in [-0.39, 0.29) is 16.3 Å². The minimum absolute atomic E-state index is 0.00986. The van der Waals surface area contributed by atoms with Crippen molar-refractivity contribution in [3.05, 3.63) is 34.1 Å². The van der Waals surface area contributed by atoms with Gasteiger partial charge in [-0.05, 0) is 6.07 Å². The molecule has 3 N–H and O–H groups in total. The van der Waals surface area contributed by atoms with Gasteiger partial charge in [-0.2, -0.15) is 0 Å². The first-order chi connectivity index (χ1) is 7.91. The highest BCUT2D eigenvalue weighted by atomic mass is 32.2. The van der Waals surface area contributed by atoms with Gasteiger partial charge in [0.1, 0.15) is 11.9 Å². The van der Waals surface area contributed by atoms with Crippen molar-refractivity contribution in [3.63, 3.8) is 0 Å². The van der Waals surface area contributed by atoms with E-state index in [1.54, 1.807) is 0 Å². The van der Waals surface area contributed by atoms with Crippen LogP contribution in [0.3, 0.4) is 0 Å². The van der Waals surface area contributed by atoms with Gasteiger partial charge in [-0.1, -0.05) is 0 Å². The fraction of sp³-hybridized carbons (Fsp3) is 0.222. The van der Waals surface area contributed by atoms with E-state index in [1.165, 1.54) is 6.07 Å². The van der Waals surface area contributed by atoms with Crippen LogP contribution in [0.1, 0.15) is 0 Å². The summed E-state index contributed by atoms with van der Waals surface area (Å²) >= 11 is 0.900. The molecule has 8 heteroatoms. The molecule has 92 valence electrons. The molecule has 1 aromatic rings. The SMILES string of the molecule is NC(CSc1ccc([N+](=O)[O-])cc1F)C(=O)O. The van der Waals surface area contributed by atoms with E-state index in [2.05, 4.69) is 0 Å². The van der Waals surface area contributed by atoms with E-state index in [4.69, 9.17) is 10.8 Å². The fourth-order valence-electron chi connectivity index (χ4n) is 0.971. The van der Waals surface area contributed by atoms with Crippen molar-refractivity contribution in [1.29, 1.82) is 0 Å². The Kier molecular flexibility index (Phi) is 4.41. The smallest absolute Gasteiger partial charge is 0.321 e. The second-order valence-electron chi connectivity index (χ2n) is 3.13. The van der Waals surface area contributed by atoms with Gasteiger partial charge in [-0.25, -0.2) is 4.39 Å². The third-order valence-corrected chi connectivity index (χ3v) is 3.03. The second-order valence-corrected chi connectivity index (χ2v) is 4.19. The van der Waals surface area contributed by atoms with E-state index in [1.807, 2.05) is 0 Å². The summed E-state index contributed by atoms with van der Waals surface area (Å²) in [7, 11) is 0. The number of nitro benzene ring substituents is 1. The lowest BCUT2D eigenvalue weighted by atomic mass is 10.3. The lowest BCUT2D eigenvalue weighted by molar-refractivity contribution is -0.385. The van der Waals surface area contributed by atoms with Crippen molar-refractivity contribution < 1.29 is 19.2 Å². The van der Waals surface area contributed by atoms with Gasteiger partial charge in [0.05, 0.1) is 11.0 Å². The lowest BCUT2D eigenvalue weighted by Crippen LogP contribution is -2.32. The summed E-state index contributed by atoms with van der Waals surface area (Å²) in [4.78, 5) is 20.2. The van der Waals surface area contributed by atoms with Crippen molar-refractivity contribution in [2.75, 3.05) is 5.75 Å². The van der Waals surface area contributed by atoms with Crippen LogP contribution in [0.2, 0.25) is 0 Å². The van der Waals surface area contributed by atoms with Crippen molar-refractivity contribution in [2.45, 2.75) is 10.9 Å². The van der Waals surface area contributed by atoms with Gasteiger partial charge in [0.2, 0.25) is 0 Å². The Balaban J connectivity index is 2.73. The number of carboxylic acids is 1. The molecule has 0 heterocycles. The first-order valence-corrected chi connectivity index (χ1v) is 5.45. The molecule has 1 unspecified atom stereocenters. The van der Waals surface area contributed by atoms with Crippen LogP contribution in [0, 0.1) is 15.9 Å². The maximum Gasteiger partial charge on any atom is 0.321 e. The van der Waals surface area contributed by atoms with E-state index in [0.29, 0.717) is 0 Å². The highest BCUT2D eigenvalue weighted by Gasteiger charge is 2.15. The minimum Gasteiger partial charge on any atom is -0.480 e. The number of non-ortho nitro benzene ring substituents is 1. The second kappa shape index (κ2) is 5.60. The van der Waals surface area contributed by atoms with Crippen molar-refractivity contribution >= 4 is 23.4 Å². The molecule has 0 bridgehead atoms. The summed E-state index contributed by atoms with van der Waals surface area (Å²) in [5.41, 5.74) is 4.89. The highest BCUT2D eigenvalue weighted by Crippen LogP contribution is 2.25. The Bertz CT molecular complexity index is 455. The summed E-state index contributed by atoms with van der Waals surface area (Å²) in [5.74, 6) is -1.95. The molecule has 0 amide bonds. The Morgan fingerprint density at radius 1 is 1.65 bits per heavy atom. The van der Waals surface area contributed by atoms with Crippen molar-refractivity contribution in [3.8, 4) is 0 Å². The zero-order valence-electron chi connectivity index (χ0n) is 8.50. The number of carboxylic acid groups (broad SMARTS) is 1. The molecule has 0 aliphatic heterocycles. The molecular weight excluding hydrogens is 251 g/mol. The van der Waals surface area contributed by atoms with Gasteiger partial charge in [0, 0.05) is 16.7 Å². The summed E-state index contributed by atoms with van der Waals surface area (Å²) in [5, 5.41) is 18.9. The maximum absolute atomic E-state index is 13.3. The van der Waals surface area contributed by atoms with Crippen LogP contribution in [-0.4, -0.2) is 27.8 Å². The Morgan fingerprint density at radius 3 is 2.76 bits per heavy atom. The molecule has 0 spiro atoms. The Hall–Kier alpha value is -1.67. The fourth-order valence-corrected chi connectivity index (χ4v) is 1.83. The predicted octanol–water partition coefficient (Wildman–Crippen LogP) is 1.24. The number of hydrogen-bond acceptors (Lipinski definition) is 5. The quantitative estimate of drug-likeness (QED) is 0.468. The first kappa shape index (κ1) is 13.4. The molecule has 0 aromatic heterocycles. The zero-order valence-corrected chi connectivity index (χ0v) is 9.32. The van der Waals surface area contributed by atoms with Crippen LogP contribution in [0.25, 0.3) is 0 Å². The Labute approximate surface area is 99.8 Å². The summed E-state index contributed by atoms with van der Waals surface area (Å²) in [6.07, 6.45) is 0. The number of rotatable bonds is 5. The number of carbonyl (C=O) groups is 1. The number of benzene rings is 1. The van der Waals surface area contributed by atoms with Gasteiger partial charge in [-0.3, -0.25) is 14.9 Å². The van der Waals surface area contributed by atoms with Crippen molar-refractivity contribution in [1.82, 2.24) is 0 Å². The average molecular weight is 260 g/mol. The molecule has 0 fully saturated rings. The van der Waals surface area contributed by atoms with Crippen LogP contribution in [0.5, 0.6) is 0 Å². The average Bonchev–Trinajstić information content (AvgIpc) is 2.26. The van der Waals surface area contributed by atoms with Gasteiger partial charge in [-0.15, -0.1) is 11.8 Å². The number of aliphatic carboxylic acids is 1. The Morgan fingerprint density at radius 2 is 2.29 bits per heavy atom. The van der Waals surface area contributed by atoms with Gasteiger partial charge in [0.25, 0.3) is 5.69 Å². The summed E-state index contributed by atoms with van der Waals surface area (Å²) < 4.78 is 13.3. The molecule has 0 aliphatic carbocycles. The van der Waals surface area contributed by atoms with Gasteiger partial charge in [0.15, 0.2) is 0 Å². The molecule has 17 heavy (non-hydrogen) atoms. The molecule has 1 rings (SSSR count). The van der Waals surface area contributed by atoms with Crippen LogP contribution in [0.4, 0.5) is 10.1 Å². The van der Waals surface area contributed by atoms with Crippen LogP contribution >= 0.6 is 11.8 Å². The van der Waals surface area contributed by atoms with Gasteiger partial charge >= 0.3 is 5.97 Å². The predicted molar refractivity (Wildman–Crippen MR) is 59.4 cm³/mol. The van der Waals surface area contributed by atoms with E-state index >= 15 is 0 Å². The number of thioether (sulfide) groups is 1. The number of hydrogen-bond donors (Lipinski definition) is 2. The monoisotopic (exact) mass is 260 g/mol. The van der Waals surface area contributed by atoms with E-state index < -0.39 is 22.8 Å². The normalized spacial score (nSPS) is 12.1. The molecule has 6 nitrogen and oxygen atoms in total. The molecule has 1 aromatic carbocycles. The highest BCUT2D eigenvalue weighted by molar-refractivity contribution is 7.99. The van der Waals surface area contributed by atoms with E-state index in [9.17, 15) is 19.3 Å². The largest absolute Gasteiger partial charge is 0.480 e. The minimum atomic E-state index is -1.18.